The summed E-state index contributed by atoms with van der Waals surface area (Å²) < 4.78 is 24.5. The zero-order valence-corrected chi connectivity index (χ0v) is 18.8. The molecule has 0 aromatic heterocycles. The number of esters is 1. The fourth-order valence-electron chi connectivity index (χ4n) is 3.57. The third-order valence-corrected chi connectivity index (χ3v) is 4.89. The second-order valence-corrected chi connectivity index (χ2v) is 7.30. The van der Waals surface area contributed by atoms with Crippen molar-refractivity contribution in [3.63, 3.8) is 0 Å². The third-order valence-electron chi connectivity index (χ3n) is 4.89. The van der Waals surface area contributed by atoms with E-state index in [4.69, 9.17) is 18.8 Å². The lowest BCUT2D eigenvalue weighted by Gasteiger charge is -2.28. The van der Waals surface area contributed by atoms with E-state index in [0.29, 0.717) is 32.8 Å². The van der Waals surface area contributed by atoms with E-state index < -0.39 is 11.9 Å². The van der Waals surface area contributed by atoms with Crippen LogP contribution in [0.4, 0.5) is 0 Å². The topological polar surface area (TPSA) is 78.9 Å². The first kappa shape index (κ1) is 24.2. The molecule has 6 nitrogen and oxygen atoms in total. The van der Waals surface area contributed by atoms with Crippen LogP contribution in [0.5, 0.6) is 11.5 Å². The first-order chi connectivity index (χ1) is 13.5. The Kier molecular flexibility index (Phi) is 10.9. The summed E-state index contributed by atoms with van der Waals surface area (Å²) in [5.74, 6) is -0.422. The molecular weight excluding hydrogens is 379 g/mol. The highest BCUT2D eigenvalue weighted by Crippen LogP contribution is 2.37. The Bertz CT molecular complexity index is 618. The molecule has 1 fully saturated rings. The molecule has 0 heterocycles. The van der Waals surface area contributed by atoms with E-state index >= 15 is 0 Å². The van der Waals surface area contributed by atoms with Gasteiger partial charge in [-0.2, -0.15) is 0 Å². The largest absolute Gasteiger partial charge is 0.496 e. The zero-order chi connectivity index (χ0) is 21.1. The average molecular weight is 412 g/mol. The Labute approximate surface area is 169 Å². The highest BCUT2D eigenvalue weighted by Gasteiger charge is 2.39. The molecule has 0 radical (unpaired) electrons. The van der Waals surface area contributed by atoms with Crippen LogP contribution in [-0.2, 0) is 14.1 Å². The van der Waals surface area contributed by atoms with Crippen LogP contribution in [0.2, 0.25) is 0 Å². The van der Waals surface area contributed by atoms with Crippen molar-refractivity contribution in [2.24, 2.45) is 17.8 Å². The van der Waals surface area contributed by atoms with Crippen LogP contribution in [0, 0.1) is 17.8 Å². The number of rotatable bonds is 8. The van der Waals surface area contributed by atoms with Crippen LogP contribution in [0.3, 0.4) is 0 Å². The number of carbonyl (C=O) groups is 2. The minimum atomic E-state index is -0.806. The van der Waals surface area contributed by atoms with Crippen molar-refractivity contribution < 1.29 is 28.4 Å². The fourth-order valence-corrected chi connectivity index (χ4v) is 3.57. The van der Waals surface area contributed by atoms with Gasteiger partial charge in [-0.3, -0.25) is 9.59 Å². The number of ketones is 1. The summed E-state index contributed by atoms with van der Waals surface area (Å²) in [4.78, 5) is 26.3. The Balaban J connectivity index is 0.00000190. The summed E-state index contributed by atoms with van der Waals surface area (Å²) in [6.07, 6.45) is 4.95. The molecule has 1 aromatic rings. The average Bonchev–Trinajstić information content (AvgIpc) is 2.73. The lowest BCUT2D eigenvalue weighted by molar-refractivity contribution is -0.149. The van der Waals surface area contributed by atoms with Crippen LogP contribution in [0.15, 0.2) is 18.2 Å². The number of ether oxygens (including phenoxy) is 3. The van der Waals surface area contributed by atoms with E-state index in [9.17, 15) is 9.59 Å². The van der Waals surface area contributed by atoms with Crippen molar-refractivity contribution in [1.29, 1.82) is 0 Å². The van der Waals surface area contributed by atoms with Gasteiger partial charge in [-0.05, 0) is 36.8 Å². The maximum absolute atomic E-state index is 13.4. The van der Waals surface area contributed by atoms with Gasteiger partial charge in [0.15, 0.2) is 5.78 Å². The van der Waals surface area contributed by atoms with E-state index in [-0.39, 0.29) is 17.6 Å². The second kappa shape index (κ2) is 12.6. The fraction of sp³-hybridized carbons (Fsp3) is 0.619. The van der Waals surface area contributed by atoms with Crippen LogP contribution >= 0.6 is 9.12 Å². The second-order valence-electron chi connectivity index (χ2n) is 7.30. The van der Waals surface area contributed by atoms with Crippen molar-refractivity contribution in [1.82, 2.24) is 0 Å². The summed E-state index contributed by atoms with van der Waals surface area (Å²) in [6, 6.07) is 5.20. The number of Topliss-reactive ketones (excluding diaryl/α,β-unsaturated/α-hetero) is 1. The normalized spacial score (nSPS) is 15.3. The van der Waals surface area contributed by atoms with Crippen molar-refractivity contribution in [2.45, 2.75) is 46.0 Å². The van der Waals surface area contributed by atoms with Crippen molar-refractivity contribution >= 4 is 20.9 Å². The predicted molar refractivity (Wildman–Crippen MR) is 112 cm³/mol. The number of hydrogen-bond donors (Lipinski definition) is 0. The van der Waals surface area contributed by atoms with Gasteiger partial charge in [0.2, 0.25) is 0 Å². The monoisotopic (exact) mass is 412 g/mol. The molecule has 0 aliphatic heterocycles. The van der Waals surface area contributed by atoms with Crippen LogP contribution in [-0.4, -0.2) is 32.6 Å². The first-order valence-electron chi connectivity index (χ1n) is 9.70. The molecule has 7 heteroatoms. The molecule has 28 heavy (non-hydrogen) atoms. The van der Waals surface area contributed by atoms with E-state index in [0.717, 1.165) is 32.1 Å². The summed E-state index contributed by atoms with van der Waals surface area (Å²) >= 11 is 0. The minimum absolute atomic E-state index is 0.00512. The Morgan fingerprint density at radius 3 is 2.04 bits per heavy atom. The number of carbonyl (C=O) groups excluding carboxylic acids is 2. The minimum Gasteiger partial charge on any atom is -0.496 e. The highest BCUT2D eigenvalue weighted by atomic mass is 31.0. The molecule has 1 aliphatic carbocycles. The summed E-state index contributed by atoms with van der Waals surface area (Å²) in [5, 5.41) is 0. The van der Waals surface area contributed by atoms with E-state index in [1.807, 2.05) is 13.8 Å². The lowest BCUT2D eigenvalue weighted by atomic mass is 9.76. The van der Waals surface area contributed by atoms with Gasteiger partial charge in [0.05, 0.1) is 29.9 Å². The van der Waals surface area contributed by atoms with Crippen LogP contribution < -0.4 is 9.47 Å². The first-order valence-corrected chi connectivity index (χ1v) is 10.3. The number of benzene rings is 1. The Hall–Kier alpha value is -1.81. The van der Waals surface area contributed by atoms with Gasteiger partial charge in [-0.15, -0.1) is 0 Å². The molecule has 1 aliphatic rings. The lowest BCUT2D eigenvalue weighted by Crippen LogP contribution is -2.35. The summed E-state index contributed by atoms with van der Waals surface area (Å²) in [6.45, 7) is 4.28. The van der Waals surface area contributed by atoms with E-state index in [1.165, 1.54) is 14.2 Å². The number of hydrogen-bond acceptors (Lipinski definition) is 6. The van der Waals surface area contributed by atoms with Crippen molar-refractivity contribution in [2.75, 3.05) is 20.8 Å². The maximum Gasteiger partial charge on any atom is 0.317 e. The molecule has 158 valence electrons. The van der Waals surface area contributed by atoms with Gasteiger partial charge in [-0.1, -0.05) is 39.2 Å². The van der Waals surface area contributed by atoms with Gasteiger partial charge in [0.25, 0.3) is 0 Å². The van der Waals surface area contributed by atoms with E-state index in [2.05, 4.69) is 0 Å². The van der Waals surface area contributed by atoms with Gasteiger partial charge < -0.3 is 18.8 Å². The molecule has 0 bridgehead atoms. The Morgan fingerprint density at radius 2 is 1.57 bits per heavy atom. The zero-order valence-electron chi connectivity index (χ0n) is 17.4. The molecule has 1 saturated carbocycles. The molecular formula is C21H33O6P. The highest BCUT2D eigenvalue weighted by molar-refractivity contribution is 7.00. The smallest absolute Gasteiger partial charge is 0.317 e. The third kappa shape index (κ3) is 6.37. The molecule has 2 atom stereocenters. The molecule has 2 rings (SSSR count). The molecule has 2 unspecified atom stereocenters. The maximum atomic E-state index is 13.4. The van der Waals surface area contributed by atoms with Gasteiger partial charge in [0, 0.05) is 0 Å². The van der Waals surface area contributed by atoms with Crippen LogP contribution in [0.1, 0.15) is 56.3 Å². The Morgan fingerprint density at radius 1 is 1.04 bits per heavy atom. The van der Waals surface area contributed by atoms with Gasteiger partial charge >= 0.3 is 5.97 Å². The SMILES string of the molecule is COc1cccc(OC)c1C(=O)C(C(=O)OCC(C)C)C1CCCCC1.O=[PH3]. The number of methoxy groups -OCH3 is 2. The summed E-state index contributed by atoms with van der Waals surface area (Å²) in [5.41, 5.74) is 0.328. The molecule has 1 aromatic carbocycles. The molecule has 0 spiro atoms. The van der Waals surface area contributed by atoms with Crippen LogP contribution in [0.25, 0.3) is 0 Å². The molecule has 0 amide bonds. The van der Waals surface area contributed by atoms with Gasteiger partial charge in [-0.25, -0.2) is 0 Å². The van der Waals surface area contributed by atoms with E-state index in [1.54, 1.807) is 18.2 Å². The van der Waals surface area contributed by atoms with Gasteiger partial charge in [0.1, 0.15) is 23.0 Å². The quantitative estimate of drug-likeness (QED) is 0.275. The van der Waals surface area contributed by atoms with Crippen molar-refractivity contribution in [3.8, 4) is 11.5 Å². The molecule has 0 saturated heterocycles. The standard InChI is InChI=1S/C21H30O5.H3OP/c1-14(2)13-26-21(23)18(15-9-6-5-7-10-15)20(22)19-16(24-3)11-8-12-17(19)25-4;1-2/h8,11-12,14-15,18H,5-7,9-10,13H2,1-4H3;2H3. The summed E-state index contributed by atoms with van der Waals surface area (Å²) in [7, 11) is 3.64. The van der Waals surface area contributed by atoms with Crippen molar-refractivity contribution in [3.05, 3.63) is 23.8 Å². The molecule has 0 N–H and O–H groups in total. The predicted octanol–water partition coefficient (Wildman–Crippen LogP) is 4.22.